The van der Waals surface area contributed by atoms with Crippen LogP contribution < -0.4 is 20.0 Å². The van der Waals surface area contributed by atoms with Gasteiger partial charge in [-0.1, -0.05) is 11.8 Å². The first-order chi connectivity index (χ1) is 12.0. The summed E-state index contributed by atoms with van der Waals surface area (Å²) in [4.78, 5) is 22.2. The van der Waals surface area contributed by atoms with Crippen molar-refractivity contribution in [3.8, 4) is 17.2 Å². The topological polar surface area (TPSA) is 126 Å². The zero-order valence-electron chi connectivity index (χ0n) is 13.4. The summed E-state index contributed by atoms with van der Waals surface area (Å²) in [5, 5.41) is 26.6. The number of nitrogens with zero attached hydrogens (tertiary/aromatic N) is 2. The largest absolute Gasteiger partial charge is 0.870 e. The number of nitrogens with one attached hydrogen (secondary N) is 1. The number of carbonyl (C=O) groups is 1. The molecule has 1 N–H and O–H groups in total. The monoisotopic (exact) mass is 344 g/mol. The Balaban J connectivity index is 2.20. The summed E-state index contributed by atoms with van der Waals surface area (Å²) in [6, 6.07) is 8.46. The quantitative estimate of drug-likeness (QED) is 0.480. The van der Waals surface area contributed by atoms with Gasteiger partial charge in [0, 0.05) is 11.6 Å². The highest BCUT2D eigenvalue weighted by molar-refractivity contribution is 5.95. The van der Waals surface area contributed by atoms with Crippen molar-refractivity contribution in [1.82, 2.24) is 5.43 Å². The van der Waals surface area contributed by atoms with Gasteiger partial charge in [0.05, 0.1) is 31.4 Å². The molecular weight excluding hydrogens is 330 g/mol. The van der Waals surface area contributed by atoms with Crippen LogP contribution >= 0.6 is 0 Å². The highest BCUT2D eigenvalue weighted by Crippen LogP contribution is 2.31. The number of benzene rings is 2. The Morgan fingerprint density at radius 1 is 1.24 bits per heavy atom. The molecule has 0 spiro atoms. The van der Waals surface area contributed by atoms with Crippen LogP contribution in [-0.2, 0) is 0 Å². The Morgan fingerprint density at radius 2 is 2.00 bits per heavy atom. The van der Waals surface area contributed by atoms with Crippen molar-refractivity contribution in [1.29, 1.82) is 0 Å². The van der Waals surface area contributed by atoms with Gasteiger partial charge in [0.2, 0.25) is 0 Å². The van der Waals surface area contributed by atoms with Crippen molar-refractivity contribution in [2.24, 2.45) is 5.10 Å². The highest BCUT2D eigenvalue weighted by atomic mass is 16.6. The Labute approximate surface area is 142 Å². The molecule has 0 heterocycles. The van der Waals surface area contributed by atoms with Gasteiger partial charge in [-0.15, -0.1) is 0 Å². The molecule has 2 aromatic carbocycles. The fraction of sp³-hybridized carbons (Fsp3) is 0.125. The number of nitro groups is 1. The lowest BCUT2D eigenvalue weighted by molar-refractivity contribution is -0.385. The molecule has 0 aliphatic rings. The number of hydrazone groups is 1. The average molecular weight is 344 g/mol. The van der Waals surface area contributed by atoms with Crippen molar-refractivity contribution < 1.29 is 24.3 Å². The van der Waals surface area contributed by atoms with Crippen LogP contribution in [0.1, 0.15) is 15.9 Å². The first-order valence-electron chi connectivity index (χ1n) is 6.97. The molecule has 0 saturated heterocycles. The van der Waals surface area contributed by atoms with Gasteiger partial charge in [-0.25, -0.2) is 5.43 Å². The van der Waals surface area contributed by atoms with Crippen LogP contribution in [0.25, 0.3) is 0 Å². The number of carbonyl (C=O) groups excluding carboxylic acids is 1. The third-order valence-corrected chi connectivity index (χ3v) is 3.20. The van der Waals surface area contributed by atoms with Crippen LogP contribution in [0.15, 0.2) is 41.5 Å². The van der Waals surface area contributed by atoms with Crippen LogP contribution in [0.2, 0.25) is 0 Å². The molecule has 0 bridgehead atoms. The lowest BCUT2D eigenvalue weighted by Crippen LogP contribution is -2.17. The van der Waals surface area contributed by atoms with E-state index in [0.29, 0.717) is 11.3 Å². The molecule has 0 fully saturated rings. The number of hydrogen-bond acceptors (Lipinski definition) is 7. The first-order valence-corrected chi connectivity index (χ1v) is 6.97. The van der Waals surface area contributed by atoms with Gasteiger partial charge in [0.15, 0.2) is 0 Å². The van der Waals surface area contributed by atoms with Crippen molar-refractivity contribution in [3.63, 3.8) is 0 Å². The fourth-order valence-electron chi connectivity index (χ4n) is 1.95. The second-order valence-electron chi connectivity index (χ2n) is 4.75. The van der Waals surface area contributed by atoms with Crippen LogP contribution in [0.4, 0.5) is 5.69 Å². The number of hydrogen-bond donors (Lipinski definition) is 1. The molecule has 0 unspecified atom stereocenters. The molecule has 0 atom stereocenters. The van der Waals surface area contributed by atoms with E-state index in [-0.39, 0.29) is 17.0 Å². The van der Waals surface area contributed by atoms with Crippen molar-refractivity contribution in [2.45, 2.75) is 0 Å². The Hall–Kier alpha value is -3.62. The molecule has 0 aliphatic heterocycles. The second kappa shape index (κ2) is 7.77. The number of amides is 1. The van der Waals surface area contributed by atoms with E-state index in [9.17, 15) is 20.0 Å². The van der Waals surface area contributed by atoms with Crippen LogP contribution in [0.3, 0.4) is 0 Å². The van der Waals surface area contributed by atoms with Crippen molar-refractivity contribution in [2.75, 3.05) is 14.2 Å². The Morgan fingerprint density at radius 3 is 2.64 bits per heavy atom. The van der Waals surface area contributed by atoms with Crippen LogP contribution in [-0.4, -0.2) is 31.3 Å². The first kappa shape index (κ1) is 17.7. The standard InChI is InChI=1S/C16H15N3O6/c1-24-13-5-3-4-10(7-13)16(21)18-17-9-11-6-12(19(22)23)8-14(25-2)15(11)20/h3-9,20H,1-2H3,(H,18,21)/p-1/b17-9-. The number of rotatable bonds is 6. The maximum Gasteiger partial charge on any atom is 0.273 e. The van der Waals surface area contributed by atoms with Crippen molar-refractivity contribution >= 4 is 17.8 Å². The number of methoxy groups -OCH3 is 2. The van der Waals surface area contributed by atoms with Crippen LogP contribution in [0.5, 0.6) is 17.2 Å². The van der Waals surface area contributed by atoms with Gasteiger partial charge in [0.1, 0.15) is 11.5 Å². The molecule has 9 nitrogen and oxygen atoms in total. The summed E-state index contributed by atoms with van der Waals surface area (Å²) in [5.74, 6) is -0.788. The van der Waals surface area contributed by atoms with E-state index in [2.05, 4.69) is 10.5 Å². The number of ether oxygens (including phenoxy) is 2. The molecule has 1 amide bonds. The van der Waals surface area contributed by atoms with E-state index in [1.165, 1.54) is 20.3 Å². The molecule has 9 heteroatoms. The molecule has 0 aromatic heterocycles. The Bertz CT molecular complexity index is 835. The van der Waals surface area contributed by atoms with Crippen molar-refractivity contribution in [3.05, 3.63) is 57.6 Å². The van der Waals surface area contributed by atoms with Gasteiger partial charge < -0.3 is 14.6 Å². The summed E-state index contributed by atoms with van der Waals surface area (Å²) >= 11 is 0. The van der Waals surface area contributed by atoms with Gasteiger partial charge >= 0.3 is 0 Å². The smallest absolute Gasteiger partial charge is 0.273 e. The molecular formula is C16H14N3O6-. The molecule has 2 aromatic rings. The summed E-state index contributed by atoms with van der Waals surface area (Å²) in [7, 11) is 2.70. The Kier molecular flexibility index (Phi) is 5.51. The third kappa shape index (κ3) is 4.22. The summed E-state index contributed by atoms with van der Waals surface area (Å²) in [5.41, 5.74) is 2.13. The van der Waals surface area contributed by atoms with E-state index >= 15 is 0 Å². The molecule has 0 saturated carbocycles. The van der Waals surface area contributed by atoms with E-state index in [0.717, 1.165) is 18.3 Å². The third-order valence-electron chi connectivity index (χ3n) is 3.20. The minimum atomic E-state index is -0.659. The molecule has 2 rings (SSSR count). The maximum absolute atomic E-state index is 12.0. The van der Waals surface area contributed by atoms with Gasteiger partial charge in [-0.3, -0.25) is 14.9 Å². The average Bonchev–Trinajstić information content (AvgIpc) is 2.62. The number of nitro benzene ring substituents is 1. The maximum atomic E-state index is 12.0. The summed E-state index contributed by atoms with van der Waals surface area (Å²) in [6.45, 7) is 0. The summed E-state index contributed by atoms with van der Waals surface area (Å²) < 4.78 is 9.84. The fourth-order valence-corrected chi connectivity index (χ4v) is 1.95. The zero-order valence-corrected chi connectivity index (χ0v) is 13.4. The molecule has 25 heavy (non-hydrogen) atoms. The summed E-state index contributed by atoms with van der Waals surface area (Å²) in [6.07, 6.45) is 1.02. The van der Waals surface area contributed by atoms with E-state index < -0.39 is 16.6 Å². The number of non-ortho nitro benzene ring substituents is 1. The SMILES string of the molecule is COc1cccc(C(=O)N/N=C\c2cc([N+](=O)[O-])cc(OC)c2[O-])c1. The van der Waals surface area contributed by atoms with E-state index in [4.69, 9.17) is 9.47 Å². The molecule has 0 radical (unpaired) electrons. The lowest BCUT2D eigenvalue weighted by Gasteiger charge is -2.14. The van der Waals surface area contributed by atoms with E-state index in [1.54, 1.807) is 18.2 Å². The lowest BCUT2D eigenvalue weighted by atomic mass is 10.1. The highest BCUT2D eigenvalue weighted by Gasteiger charge is 2.11. The molecule has 130 valence electrons. The van der Waals surface area contributed by atoms with E-state index in [1.807, 2.05) is 0 Å². The predicted octanol–water partition coefficient (Wildman–Crippen LogP) is 1.45. The van der Waals surface area contributed by atoms with Crippen LogP contribution in [0, 0.1) is 10.1 Å². The zero-order chi connectivity index (χ0) is 18.4. The molecule has 0 aliphatic carbocycles. The minimum absolute atomic E-state index is 0.0861. The normalized spacial score (nSPS) is 10.5. The second-order valence-corrected chi connectivity index (χ2v) is 4.75. The predicted molar refractivity (Wildman–Crippen MR) is 87.1 cm³/mol. The van der Waals surface area contributed by atoms with Gasteiger partial charge in [0.25, 0.3) is 11.6 Å². The van der Waals surface area contributed by atoms with Gasteiger partial charge in [-0.2, -0.15) is 5.10 Å². The minimum Gasteiger partial charge on any atom is -0.870 e. The van der Waals surface area contributed by atoms with Gasteiger partial charge in [-0.05, 0) is 23.8 Å².